The Kier molecular flexibility index (Phi) is 8.06. The average molecular weight is 443 g/mol. The molecule has 0 saturated carbocycles. The summed E-state index contributed by atoms with van der Waals surface area (Å²) in [7, 11) is 1.61. The van der Waals surface area contributed by atoms with Crippen molar-refractivity contribution in [2.75, 3.05) is 20.3 Å². The highest BCUT2D eigenvalue weighted by Gasteiger charge is 2.33. The molecule has 0 amide bonds. The average Bonchev–Trinajstić information content (AvgIpc) is 3.23. The maximum atomic E-state index is 12.6. The summed E-state index contributed by atoms with van der Waals surface area (Å²) in [6.45, 7) is 2.74. The molecule has 0 radical (unpaired) electrons. The number of halogens is 3. The van der Waals surface area contributed by atoms with Gasteiger partial charge in [-0.3, -0.25) is 4.99 Å². The third kappa shape index (κ3) is 6.96. The zero-order chi connectivity index (χ0) is 21.4. The number of rotatable bonds is 7. The van der Waals surface area contributed by atoms with Crippen LogP contribution < -0.4 is 10.6 Å². The Morgan fingerprint density at radius 3 is 2.67 bits per heavy atom. The summed E-state index contributed by atoms with van der Waals surface area (Å²) in [5.41, 5.74) is 1.28. The monoisotopic (exact) mass is 442 g/mol. The standard InChI is InChI=1S/C20H25F3N4O2S/c1-24-19(26-11-18-27-17(13-30-18)20(21,22)23)25-10-14-3-2-4-15(9-14)12-29-16-5-7-28-8-6-16/h2-4,9,13,16H,5-8,10-12H2,1H3,(H2,24,25,26). The Morgan fingerprint density at radius 2 is 1.97 bits per heavy atom. The number of benzene rings is 1. The van der Waals surface area contributed by atoms with Gasteiger partial charge in [-0.05, 0) is 24.0 Å². The van der Waals surface area contributed by atoms with E-state index in [9.17, 15) is 13.2 Å². The van der Waals surface area contributed by atoms with Gasteiger partial charge in [0.25, 0.3) is 0 Å². The molecule has 1 aliphatic rings. The largest absolute Gasteiger partial charge is 0.434 e. The van der Waals surface area contributed by atoms with Crippen molar-refractivity contribution in [1.29, 1.82) is 0 Å². The number of nitrogens with zero attached hydrogens (tertiary/aromatic N) is 2. The van der Waals surface area contributed by atoms with Gasteiger partial charge in [0.1, 0.15) is 5.01 Å². The lowest BCUT2D eigenvalue weighted by atomic mass is 10.1. The second-order valence-electron chi connectivity index (χ2n) is 6.85. The van der Waals surface area contributed by atoms with E-state index in [1.165, 1.54) is 0 Å². The summed E-state index contributed by atoms with van der Waals surface area (Å²) in [5.74, 6) is 0.489. The highest BCUT2D eigenvalue weighted by molar-refractivity contribution is 7.09. The van der Waals surface area contributed by atoms with E-state index >= 15 is 0 Å². The summed E-state index contributed by atoms with van der Waals surface area (Å²) < 4.78 is 49.2. The normalized spacial score (nSPS) is 15.9. The minimum absolute atomic E-state index is 0.166. The lowest BCUT2D eigenvalue weighted by Crippen LogP contribution is -2.36. The fourth-order valence-electron chi connectivity index (χ4n) is 2.97. The smallest absolute Gasteiger partial charge is 0.381 e. The van der Waals surface area contributed by atoms with Crippen LogP contribution in [0, 0.1) is 0 Å². The SMILES string of the molecule is CN=C(NCc1cccc(COC2CCOCC2)c1)NCc1nc(C(F)(F)F)cs1. The summed E-state index contributed by atoms with van der Waals surface area (Å²) in [6.07, 6.45) is -2.33. The Morgan fingerprint density at radius 1 is 1.23 bits per heavy atom. The van der Waals surface area contributed by atoms with E-state index in [0.717, 1.165) is 53.9 Å². The number of aliphatic imine (C=N–C) groups is 1. The molecule has 0 aliphatic carbocycles. The van der Waals surface area contributed by atoms with E-state index in [0.29, 0.717) is 24.1 Å². The van der Waals surface area contributed by atoms with Crippen LogP contribution in [0.5, 0.6) is 0 Å². The Hall–Kier alpha value is -2.17. The number of guanidine groups is 1. The second-order valence-corrected chi connectivity index (χ2v) is 7.79. The van der Waals surface area contributed by atoms with Gasteiger partial charge in [0, 0.05) is 32.2 Å². The van der Waals surface area contributed by atoms with Crippen LogP contribution in [-0.4, -0.2) is 37.3 Å². The van der Waals surface area contributed by atoms with Crippen molar-refractivity contribution in [3.05, 3.63) is 51.5 Å². The van der Waals surface area contributed by atoms with Crippen LogP contribution in [-0.2, 0) is 35.3 Å². The second kappa shape index (κ2) is 10.7. The van der Waals surface area contributed by atoms with E-state index in [1.54, 1.807) is 7.05 Å². The molecular formula is C20H25F3N4O2S. The van der Waals surface area contributed by atoms with Crippen molar-refractivity contribution in [2.24, 2.45) is 4.99 Å². The molecule has 2 aromatic rings. The van der Waals surface area contributed by atoms with Crippen molar-refractivity contribution >= 4 is 17.3 Å². The number of aromatic nitrogens is 1. The first-order valence-electron chi connectivity index (χ1n) is 9.67. The lowest BCUT2D eigenvalue weighted by Gasteiger charge is -2.22. The molecule has 30 heavy (non-hydrogen) atoms. The number of nitrogens with one attached hydrogen (secondary N) is 2. The van der Waals surface area contributed by atoms with Crippen molar-refractivity contribution in [2.45, 2.75) is 44.8 Å². The first-order valence-corrected chi connectivity index (χ1v) is 10.6. The third-order valence-electron chi connectivity index (χ3n) is 4.58. The zero-order valence-corrected chi connectivity index (χ0v) is 17.5. The van der Waals surface area contributed by atoms with Gasteiger partial charge < -0.3 is 20.1 Å². The predicted octanol–water partition coefficient (Wildman–Crippen LogP) is 3.72. The first kappa shape index (κ1) is 22.5. The Balaban J connectivity index is 1.45. The van der Waals surface area contributed by atoms with Crippen molar-refractivity contribution in [3.63, 3.8) is 0 Å². The molecule has 1 aromatic carbocycles. The van der Waals surface area contributed by atoms with Crippen LogP contribution in [0.2, 0.25) is 0 Å². The molecule has 2 heterocycles. The van der Waals surface area contributed by atoms with Gasteiger partial charge in [-0.25, -0.2) is 4.98 Å². The zero-order valence-electron chi connectivity index (χ0n) is 16.7. The molecule has 164 valence electrons. The maximum absolute atomic E-state index is 12.6. The Labute approximate surface area is 177 Å². The summed E-state index contributed by atoms with van der Waals surface area (Å²) in [4.78, 5) is 7.71. The predicted molar refractivity (Wildman–Crippen MR) is 109 cm³/mol. The van der Waals surface area contributed by atoms with Gasteiger partial charge >= 0.3 is 6.18 Å². The van der Waals surface area contributed by atoms with Crippen LogP contribution in [0.3, 0.4) is 0 Å². The van der Waals surface area contributed by atoms with E-state index in [-0.39, 0.29) is 12.6 Å². The first-order chi connectivity index (χ1) is 14.4. The van der Waals surface area contributed by atoms with E-state index < -0.39 is 11.9 Å². The highest BCUT2D eigenvalue weighted by atomic mass is 32.1. The molecule has 10 heteroatoms. The van der Waals surface area contributed by atoms with Crippen molar-refractivity contribution in [3.8, 4) is 0 Å². The Bertz CT molecular complexity index is 835. The lowest BCUT2D eigenvalue weighted by molar-refractivity contribution is -0.140. The molecule has 1 aromatic heterocycles. The third-order valence-corrected chi connectivity index (χ3v) is 5.43. The van der Waals surface area contributed by atoms with Crippen LogP contribution in [0.25, 0.3) is 0 Å². The molecule has 1 saturated heterocycles. The molecule has 3 rings (SSSR count). The van der Waals surface area contributed by atoms with Crippen molar-refractivity contribution < 1.29 is 22.6 Å². The van der Waals surface area contributed by atoms with Crippen LogP contribution in [0.4, 0.5) is 13.2 Å². The summed E-state index contributed by atoms with van der Waals surface area (Å²) in [5, 5.41) is 7.51. The molecule has 6 nitrogen and oxygen atoms in total. The van der Waals surface area contributed by atoms with Gasteiger partial charge in [0.2, 0.25) is 0 Å². The van der Waals surface area contributed by atoms with Gasteiger partial charge in [0.05, 0.1) is 19.3 Å². The molecule has 0 bridgehead atoms. The topological polar surface area (TPSA) is 67.8 Å². The molecular weight excluding hydrogens is 417 g/mol. The van der Waals surface area contributed by atoms with E-state index in [4.69, 9.17) is 9.47 Å². The minimum Gasteiger partial charge on any atom is -0.381 e. The number of hydrogen-bond donors (Lipinski definition) is 2. The van der Waals surface area contributed by atoms with Gasteiger partial charge in [0.15, 0.2) is 11.7 Å². The van der Waals surface area contributed by atoms with E-state index in [1.807, 2.05) is 18.2 Å². The molecule has 1 fully saturated rings. The van der Waals surface area contributed by atoms with Gasteiger partial charge in [-0.1, -0.05) is 24.3 Å². The number of thiazole rings is 1. The maximum Gasteiger partial charge on any atom is 0.434 e. The van der Waals surface area contributed by atoms with E-state index in [2.05, 4.69) is 26.7 Å². The summed E-state index contributed by atoms with van der Waals surface area (Å²) >= 11 is 0.964. The molecule has 0 unspecified atom stereocenters. The van der Waals surface area contributed by atoms with Crippen LogP contribution >= 0.6 is 11.3 Å². The summed E-state index contributed by atoms with van der Waals surface area (Å²) in [6, 6.07) is 8.06. The molecule has 0 spiro atoms. The fraction of sp³-hybridized carbons (Fsp3) is 0.500. The minimum atomic E-state index is -4.42. The van der Waals surface area contributed by atoms with Crippen molar-refractivity contribution in [1.82, 2.24) is 15.6 Å². The molecule has 2 N–H and O–H groups in total. The number of ether oxygens (including phenoxy) is 2. The highest BCUT2D eigenvalue weighted by Crippen LogP contribution is 2.29. The van der Waals surface area contributed by atoms with Gasteiger partial charge in [-0.2, -0.15) is 13.2 Å². The fourth-order valence-corrected chi connectivity index (χ4v) is 3.71. The quantitative estimate of drug-likeness (QED) is 0.505. The molecule has 0 atom stereocenters. The van der Waals surface area contributed by atoms with Crippen LogP contribution in [0.1, 0.15) is 34.7 Å². The number of hydrogen-bond acceptors (Lipinski definition) is 5. The van der Waals surface area contributed by atoms with Gasteiger partial charge in [-0.15, -0.1) is 11.3 Å². The number of alkyl halides is 3. The molecule has 1 aliphatic heterocycles. The van der Waals surface area contributed by atoms with Crippen LogP contribution in [0.15, 0.2) is 34.6 Å².